The first-order valence-electron chi connectivity index (χ1n) is 9.16. The number of hydrogen-bond donors (Lipinski definition) is 0. The van der Waals surface area contributed by atoms with Gasteiger partial charge in [-0.3, -0.25) is 4.79 Å². The third kappa shape index (κ3) is 6.27. The molecule has 27 heavy (non-hydrogen) atoms. The number of halogens is 1. The Kier molecular flexibility index (Phi) is 7.65. The lowest BCUT2D eigenvalue weighted by Crippen LogP contribution is -2.27. The normalized spacial score (nSPS) is 11.7. The van der Waals surface area contributed by atoms with Gasteiger partial charge in [0.15, 0.2) is 11.5 Å². The van der Waals surface area contributed by atoms with E-state index in [1.807, 2.05) is 31.2 Å². The average molecular weight is 373 g/mol. The van der Waals surface area contributed by atoms with Crippen molar-refractivity contribution in [3.8, 4) is 11.5 Å². The molecule has 2 rings (SSSR count). The van der Waals surface area contributed by atoms with Crippen LogP contribution in [0.4, 0.5) is 4.39 Å². The van der Waals surface area contributed by atoms with Crippen LogP contribution in [0.2, 0.25) is 0 Å². The zero-order valence-corrected chi connectivity index (χ0v) is 16.5. The van der Waals surface area contributed by atoms with Crippen LogP contribution < -0.4 is 9.47 Å². The number of amides is 1. The van der Waals surface area contributed by atoms with Crippen LogP contribution in [0, 0.1) is 11.7 Å². The number of ether oxygens (including phenoxy) is 2. The van der Waals surface area contributed by atoms with Crippen LogP contribution in [0.5, 0.6) is 11.5 Å². The van der Waals surface area contributed by atoms with Crippen molar-refractivity contribution < 1.29 is 18.7 Å². The zero-order valence-electron chi connectivity index (χ0n) is 16.5. The maximum Gasteiger partial charge on any atom is 0.224 e. The molecule has 0 radical (unpaired) electrons. The molecule has 0 N–H and O–H groups in total. The van der Waals surface area contributed by atoms with Crippen LogP contribution in [-0.2, 0) is 17.8 Å². The van der Waals surface area contributed by atoms with Crippen molar-refractivity contribution >= 4 is 5.91 Å². The van der Waals surface area contributed by atoms with Gasteiger partial charge in [-0.25, -0.2) is 4.39 Å². The fraction of sp³-hybridized carbons (Fsp3) is 0.409. The van der Waals surface area contributed by atoms with E-state index in [4.69, 9.17) is 9.47 Å². The number of carbonyl (C=O) groups excluding carboxylic acids is 1. The minimum absolute atomic E-state index is 0.0239. The molecule has 5 heteroatoms. The van der Waals surface area contributed by atoms with Crippen molar-refractivity contribution in [2.24, 2.45) is 5.92 Å². The summed E-state index contributed by atoms with van der Waals surface area (Å²) < 4.78 is 24.5. The van der Waals surface area contributed by atoms with Gasteiger partial charge in [0.2, 0.25) is 5.91 Å². The van der Waals surface area contributed by atoms with Gasteiger partial charge in [0.1, 0.15) is 12.4 Å². The first-order valence-corrected chi connectivity index (χ1v) is 9.16. The van der Waals surface area contributed by atoms with E-state index >= 15 is 0 Å². The summed E-state index contributed by atoms with van der Waals surface area (Å²) in [6.45, 7) is 2.24. The highest BCUT2D eigenvalue weighted by Gasteiger charge is 2.14. The predicted octanol–water partition coefficient (Wildman–Crippen LogP) is 4.46. The summed E-state index contributed by atoms with van der Waals surface area (Å²) in [5, 5.41) is 0. The Balaban J connectivity index is 1.92. The Morgan fingerprint density at radius 3 is 2.56 bits per heavy atom. The van der Waals surface area contributed by atoms with Gasteiger partial charge in [-0.05, 0) is 54.7 Å². The van der Waals surface area contributed by atoms with Crippen LogP contribution in [0.3, 0.4) is 0 Å². The summed E-state index contributed by atoms with van der Waals surface area (Å²) in [6.07, 6.45) is 2.64. The molecular formula is C22H28FNO3. The molecule has 0 bridgehead atoms. The van der Waals surface area contributed by atoms with E-state index in [9.17, 15) is 9.18 Å². The van der Waals surface area contributed by atoms with E-state index in [1.165, 1.54) is 12.1 Å². The van der Waals surface area contributed by atoms with E-state index in [-0.39, 0.29) is 24.2 Å². The van der Waals surface area contributed by atoms with E-state index in [0.717, 1.165) is 30.4 Å². The summed E-state index contributed by atoms with van der Waals surface area (Å²) in [5.41, 5.74) is 1.90. The molecule has 146 valence electrons. The van der Waals surface area contributed by atoms with E-state index in [1.54, 1.807) is 32.2 Å². The largest absolute Gasteiger partial charge is 0.493 e. The number of aryl methyl sites for hydroxylation is 1. The van der Waals surface area contributed by atoms with Gasteiger partial charge in [0.25, 0.3) is 0 Å². The molecule has 0 saturated carbocycles. The quantitative estimate of drug-likeness (QED) is 0.651. The number of benzene rings is 2. The molecule has 0 fully saturated rings. The Hall–Kier alpha value is -2.56. The molecule has 0 aliphatic heterocycles. The lowest BCUT2D eigenvalue weighted by atomic mass is 10.00. The number of rotatable bonds is 9. The third-order valence-electron chi connectivity index (χ3n) is 4.48. The van der Waals surface area contributed by atoms with Crippen LogP contribution in [0.1, 0.15) is 30.9 Å². The lowest BCUT2D eigenvalue weighted by molar-refractivity contribution is -0.132. The second kappa shape index (κ2) is 9.95. The molecule has 0 aromatic heterocycles. The average Bonchev–Trinajstić information content (AvgIpc) is 2.66. The van der Waals surface area contributed by atoms with Crippen LogP contribution in [-0.4, -0.2) is 32.0 Å². The Bertz CT molecular complexity index is 761. The van der Waals surface area contributed by atoms with Gasteiger partial charge in [-0.1, -0.05) is 25.1 Å². The van der Waals surface area contributed by atoms with Crippen molar-refractivity contribution in [3.05, 3.63) is 59.4 Å². The fourth-order valence-corrected chi connectivity index (χ4v) is 2.95. The highest BCUT2D eigenvalue weighted by atomic mass is 19.1. The highest BCUT2D eigenvalue weighted by Crippen LogP contribution is 2.29. The molecule has 0 heterocycles. The molecule has 1 unspecified atom stereocenters. The van der Waals surface area contributed by atoms with Crippen molar-refractivity contribution in [1.29, 1.82) is 0 Å². The molecule has 2 aromatic rings. The highest BCUT2D eigenvalue weighted by molar-refractivity contribution is 5.77. The van der Waals surface area contributed by atoms with Crippen molar-refractivity contribution in [2.75, 3.05) is 21.2 Å². The molecule has 0 aliphatic rings. The smallest absolute Gasteiger partial charge is 0.224 e. The Morgan fingerprint density at radius 1 is 1.11 bits per heavy atom. The van der Waals surface area contributed by atoms with E-state index < -0.39 is 0 Å². The van der Waals surface area contributed by atoms with Gasteiger partial charge in [0, 0.05) is 20.0 Å². The maximum absolute atomic E-state index is 13.3. The minimum Gasteiger partial charge on any atom is -0.493 e. The molecule has 4 nitrogen and oxygen atoms in total. The molecule has 0 spiro atoms. The number of nitrogens with zero attached hydrogens (tertiary/aromatic N) is 1. The van der Waals surface area contributed by atoms with Crippen molar-refractivity contribution in [1.82, 2.24) is 4.90 Å². The van der Waals surface area contributed by atoms with E-state index in [2.05, 4.69) is 0 Å². The Labute approximate surface area is 160 Å². The van der Waals surface area contributed by atoms with Crippen molar-refractivity contribution in [3.63, 3.8) is 0 Å². The van der Waals surface area contributed by atoms with Crippen LogP contribution in [0.25, 0.3) is 0 Å². The first-order chi connectivity index (χ1) is 12.9. The summed E-state index contributed by atoms with van der Waals surface area (Å²) in [5.74, 6) is 1.19. The second-order valence-corrected chi connectivity index (χ2v) is 6.93. The predicted molar refractivity (Wildman–Crippen MR) is 105 cm³/mol. The van der Waals surface area contributed by atoms with Gasteiger partial charge in [0.05, 0.1) is 7.11 Å². The second-order valence-electron chi connectivity index (χ2n) is 6.93. The van der Waals surface area contributed by atoms with Gasteiger partial charge < -0.3 is 14.4 Å². The summed E-state index contributed by atoms with van der Waals surface area (Å²) in [6, 6.07) is 12.2. The molecule has 0 saturated heterocycles. The monoisotopic (exact) mass is 373 g/mol. The number of carbonyl (C=O) groups is 1. The topological polar surface area (TPSA) is 38.8 Å². The number of hydrogen-bond acceptors (Lipinski definition) is 3. The summed E-state index contributed by atoms with van der Waals surface area (Å²) in [7, 11) is 5.17. The standard InChI is InChI=1S/C22H28FNO3/c1-16(22(25)24(2)3)7-5-8-17-11-12-20(21(14-17)26-4)27-15-18-9-6-10-19(23)13-18/h6,9-14,16H,5,7-8,15H2,1-4H3. The SMILES string of the molecule is COc1cc(CCCC(C)C(=O)N(C)C)ccc1OCc1cccc(F)c1. The number of methoxy groups -OCH3 is 1. The molecular weight excluding hydrogens is 345 g/mol. The van der Waals surface area contributed by atoms with Crippen molar-refractivity contribution in [2.45, 2.75) is 32.8 Å². The third-order valence-corrected chi connectivity index (χ3v) is 4.48. The lowest BCUT2D eigenvalue weighted by Gasteiger charge is -2.16. The fourth-order valence-electron chi connectivity index (χ4n) is 2.95. The Morgan fingerprint density at radius 2 is 1.89 bits per heavy atom. The van der Waals surface area contributed by atoms with Gasteiger partial charge >= 0.3 is 0 Å². The maximum atomic E-state index is 13.3. The van der Waals surface area contributed by atoms with Crippen LogP contribution >= 0.6 is 0 Å². The molecule has 0 aliphatic carbocycles. The van der Waals surface area contributed by atoms with E-state index in [0.29, 0.717) is 11.5 Å². The van der Waals surface area contributed by atoms with Gasteiger partial charge in [-0.2, -0.15) is 0 Å². The van der Waals surface area contributed by atoms with Gasteiger partial charge in [-0.15, -0.1) is 0 Å². The van der Waals surface area contributed by atoms with Crippen LogP contribution in [0.15, 0.2) is 42.5 Å². The first kappa shape index (κ1) is 20.7. The molecule has 1 amide bonds. The molecule has 2 aromatic carbocycles. The minimum atomic E-state index is -0.277. The zero-order chi connectivity index (χ0) is 19.8. The molecule has 1 atom stereocenters. The summed E-state index contributed by atoms with van der Waals surface area (Å²) in [4.78, 5) is 13.5. The summed E-state index contributed by atoms with van der Waals surface area (Å²) >= 11 is 0.